The molecule has 3 rings (SSSR count). The van der Waals surface area contributed by atoms with Crippen molar-refractivity contribution in [2.75, 3.05) is 11.9 Å². The Bertz CT molecular complexity index is 595. The molecule has 20 heavy (non-hydrogen) atoms. The fourth-order valence-corrected chi connectivity index (χ4v) is 2.83. The van der Waals surface area contributed by atoms with Crippen molar-refractivity contribution in [2.45, 2.75) is 45.1 Å². The molecule has 0 aliphatic heterocycles. The van der Waals surface area contributed by atoms with E-state index in [1.54, 1.807) is 0 Å². The van der Waals surface area contributed by atoms with Gasteiger partial charge in [0.15, 0.2) is 0 Å². The molecule has 1 fully saturated rings. The molecule has 2 aromatic heterocycles. The first-order valence-corrected chi connectivity index (χ1v) is 7.22. The Kier molecular flexibility index (Phi) is 3.17. The number of aromatic nitrogens is 3. The van der Waals surface area contributed by atoms with Crippen LogP contribution in [-0.2, 0) is 0 Å². The van der Waals surface area contributed by atoms with Crippen LogP contribution in [0.4, 0.5) is 5.82 Å². The molecule has 5 heteroatoms. The molecule has 108 valence electrons. The summed E-state index contributed by atoms with van der Waals surface area (Å²) >= 11 is 0. The van der Waals surface area contributed by atoms with Crippen LogP contribution in [0.15, 0.2) is 18.6 Å². The molecule has 0 unspecified atom stereocenters. The van der Waals surface area contributed by atoms with Crippen molar-refractivity contribution in [1.82, 2.24) is 15.0 Å². The van der Waals surface area contributed by atoms with Gasteiger partial charge in [-0.2, -0.15) is 0 Å². The lowest BCUT2D eigenvalue weighted by Gasteiger charge is -2.40. The van der Waals surface area contributed by atoms with E-state index < -0.39 is 5.60 Å². The fraction of sp³-hybridized carbons (Fsp3) is 0.600. The highest BCUT2D eigenvalue weighted by atomic mass is 16.3. The van der Waals surface area contributed by atoms with Crippen molar-refractivity contribution in [3.05, 3.63) is 18.6 Å². The van der Waals surface area contributed by atoms with E-state index in [4.69, 9.17) is 0 Å². The maximum absolute atomic E-state index is 10.7. The number of fused-ring (bicyclic) bond motifs is 1. The van der Waals surface area contributed by atoms with Crippen LogP contribution in [0.25, 0.3) is 11.0 Å². The highest BCUT2D eigenvalue weighted by molar-refractivity contribution is 5.86. The van der Waals surface area contributed by atoms with Gasteiger partial charge in [-0.15, -0.1) is 0 Å². The Balaban J connectivity index is 1.69. The highest BCUT2D eigenvalue weighted by Crippen LogP contribution is 2.40. The smallest absolute Gasteiger partial charge is 0.142 e. The van der Waals surface area contributed by atoms with Gasteiger partial charge in [0.1, 0.15) is 17.8 Å². The number of nitrogens with one attached hydrogen (secondary N) is 2. The summed E-state index contributed by atoms with van der Waals surface area (Å²) < 4.78 is 0. The third-order valence-electron chi connectivity index (χ3n) is 4.47. The Labute approximate surface area is 118 Å². The average Bonchev–Trinajstić information content (AvgIpc) is 2.89. The second-order valence-electron chi connectivity index (χ2n) is 6.70. The lowest BCUT2D eigenvalue weighted by Crippen LogP contribution is -2.42. The Morgan fingerprint density at radius 1 is 1.25 bits per heavy atom. The predicted molar refractivity (Wildman–Crippen MR) is 79.6 cm³/mol. The van der Waals surface area contributed by atoms with Gasteiger partial charge in [0.25, 0.3) is 0 Å². The minimum atomic E-state index is -0.622. The molecule has 2 heterocycles. The maximum atomic E-state index is 10.7. The molecule has 0 amide bonds. The van der Waals surface area contributed by atoms with Gasteiger partial charge in [-0.1, -0.05) is 13.8 Å². The summed E-state index contributed by atoms with van der Waals surface area (Å²) in [5, 5.41) is 14.9. The zero-order chi connectivity index (χ0) is 14.2. The number of aromatic amines is 1. The van der Waals surface area contributed by atoms with Gasteiger partial charge in [-0.3, -0.25) is 0 Å². The lowest BCUT2D eigenvalue weighted by atomic mass is 9.71. The first-order chi connectivity index (χ1) is 9.48. The molecule has 0 atom stereocenters. The SMILES string of the molecule is CC1(C)CCC(O)(CNc2ncnc3[nH]ccc23)CC1. The summed E-state index contributed by atoms with van der Waals surface area (Å²) in [5.74, 6) is 0.787. The molecule has 0 saturated heterocycles. The third-order valence-corrected chi connectivity index (χ3v) is 4.47. The molecular formula is C15H22N4O. The van der Waals surface area contributed by atoms with Crippen LogP contribution in [0.2, 0.25) is 0 Å². The molecule has 1 aliphatic carbocycles. The molecule has 1 aliphatic rings. The van der Waals surface area contributed by atoms with Crippen LogP contribution >= 0.6 is 0 Å². The van der Waals surface area contributed by atoms with Gasteiger partial charge in [-0.05, 0) is 37.2 Å². The summed E-state index contributed by atoms with van der Waals surface area (Å²) in [6.45, 7) is 5.09. The highest BCUT2D eigenvalue weighted by Gasteiger charge is 2.36. The first kappa shape index (κ1) is 13.4. The summed E-state index contributed by atoms with van der Waals surface area (Å²) in [4.78, 5) is 11.5. The molecule has 0 bridgehead atoms. The molecule has 3 N–H and O–H groups in total. The van der Waals surface area contributed by atoms with Crippen molar-refractivity contribution in [3.8, 4) is 0 Å². The minimum absolute atomic E-state index is 0.356. The van der Waals surface area contributed by atoms with Crippen molar-refractivity contribution in [1.29, 1.82) is 0 Å². The second-order valence-corrected chi connectivity index (χ2v) is 6.70. The molecule has 5 nitrogen and oxygen atoms in total. The number of rotatable bonds is 3. The molecule has 0 aromatic carbocycles. The number of hydrogen-bond acceptors (Lipinski definition) is 4. The monoisotopic (exact) mass is 274 g/mol. The summed E-state index contributed by atoms with van der Waals surface area (Å²) in [6, 6.07) is 1.95. The van der Waals surface area contributed by atoms with E-state index in [0.717, 1.165) is 42.5 Å². The van der Waals surface area contributed by atoms with E-state index in [1.807, 2.05) is 12.3 Å². The molecule has 0 radical (unpaired) electrons. The number of aliphatic hydroxyl groups is 1. The van der Waals surface area contributed by atoms with Gasteiger partial charge in [0, 0.05) is 12.7 Å². The summed E-state index contributed by atoms with van der Waals surface area (Å²) in [5.41, 5.74) is 0.553. The van der Waals surface area contributed by atoms with E-state index in [9.17, 15) is 5.11 Å². The van der Waals surface area contributed by atoms with Crippen LogP contribution in [0, 0.1) is 5.41 Å². The van der Waals surface area contributed by atoms with Crippen LogP contribution in [0.1, 0.15) is 39.5 Å². The van der Waals surface area contributed by atoms with Crippen LogP contribution in [0.5, 0.6) is 0 Å². The fourth-order valence-electron chi connectivity index (χ4n) is 2.83. The van der Waals surface area contributed by atoms with Crippen molar-refractivity contribution >= 4 is 16.9 Å². The van der Waals surface area contributed by atoms with Crippen LogP contribution < -0.4 is 5.32 Å². The van der Waals surface area contributed by atoms with Crippen molar-refractivity contribution < 1.29 is 5.11 Å². The largest absolute Gasteiger partial charge is 0.388 e. The normalized spacial score (nSPS) is 20.9. The van der Waals surface area contributed by atoms with E-state index in [2.05, 4.69) is 34.1 Å². The van der Waals surface area contributed by atoms with Gasteiger partial charge >= 0.3 is 0 Å². The van der Waals surface area contributed by atoms with E-state index in [0.29, 0.717) is 12.0 Å². The van der Waals surface area contributed by atoms with Gasteiger partial charge < -0.3 is 15.4 Å². The minimum Gasteiger partial charge on any atom is -0.388 e. The van der Waals surface area contributed by atoms with Crippen molar-refractivity contribution in [3.63, 3.8) is 0 Å². The molecule has 2 aromatic rings. The number of nitrogens with zero attached hydrogens (tertiary/aromatic N) is 2. The summed E-state index contributed by atoms with van der Waals surface area (Å²) in [7, 11) is 0. The van der Waals surface area contributed by atoms with E-state index in [-0.39, 0.29) is 0 Å². The van der Waals surface area contributed by atoms with Crippen LogP contribution in [-0.4, -0.2) is 32.2 Å². The molecule has 1 saturated carbocycles. The first-order valence-electron chi connectivity index (χ1n) is 7.22. The standard InChI is InChI=1S/C15H22N4O/c1-14(2)4-6-15(20,7-5-14)9-17-13-11-3-8-16-12(11)18-10-19-13/h3,8,10,20H,4-7,9H2,1-2H3,(H2,16,17,18,19). The predicted octanol–water partition coefficient (Wildman–Crippen LogP) is 2.70. The topological polar surface area (TPSA) is 73.8 Å². The molecular weight excluding hydrogens is 252 g/mol. The third kappa shape index (κ3) is 2.63. The Morgan fingerprint density at radius 2 is 2.00 bits per heavy atom. The van der Waals surface area contributed by atoms with Gasteiger partial charge in [-0.25, -0.2) is 9.97 Å². The Hall–Kier alpha value is -1.62. The number of H-pyrrole nitrogens is 1. The number of hydrogen-bond donors (Lipinski definition) is 3. The Morgan fingerprint density at radius 3 is 2.75 bits per heavy atom. The quantitative estimate of drug-likeness (QED) is 0.804. The van der Waals surface area contributed by atoms with Crippen molar-refractivity contribution in [2.24, 2.45) is 5.41 Å². The second kappa shape index (κ2) is 4.74. The van der Waals surface area contributed by atoms with Gasteiger partial charge in [0.05, 0.1) is 11.0 Å². The lowest BCUT2D eigenvalue weighted by molar-refractivity contribution is -0.0145. The zero-order valence-corrected chi connectivity index (χ0v) is 12.1. The number of anilines is 1. The molecule has 0 spiro atoms. The van der Waals surface area contributed by atoms with Gasteiger partial charge in [0.2, 0.25) is 0 Å². The zero-order valence-electron chi connectivity index (χ0n) is 12.1. The van der Waals surface area contributed by atoms with E-state index in [1.165, 1.54) is 6.33 Å². The average molecular weight is 274 g/mol. The summed E-state index contributed by atoms with van der Waals surface area (Å²) in [6.07, 6.45) is 7.20. The van der Waals surface area contributed by atoms with E-state index >= 15 is 0 Å². The van der Waals surface area contributed by atoms with Crippen LogP contribution in [0.3, 0.4) is 0 Å². The maximum Gasteiger partial charge on any atom is 0.142 e.